The van der Waals surface area contributed by atoms with Gasteiger partial charge in [-0.05, 0) is 58.5 Å². The maximum absolute atomic E-state index is 6.45. The van der Waals surface area contributed by atoms with E-state index in [9.17, 15) is 0 Å². The summed E-state index contributed by atoms with van der Waals surface area (Å²) in [5.74, 6) is 0. The van der Waals surface area contributed by atoms with Crippen LogP contribution in [-0.2, 0) is 6.42 Å². The van der Waals surface area contributed by atoms with E-state index in [0.29, 0.717) is 6.04 Å². The second-order valence-electron chi connectivity index (χ2n) is 6.01. The normalized spacial score (nSPS) is 14.3. The molecule has 0 aromatic heterocycles. The van der Waals surface area contributed by atoms with Gasteiger partial charge in [0.2, 0.25) is 0 Å². The summed E-state index contributed by atoms with van der Waals surface area (Å²) in [6, 6.07) is 6.75. The Labute approximate surface area is 135 Å². The molecule has 2 unspecified atom stereocenters. The minimum atomic E-state index is 0.159. The van der Waals surface area contributed by atoms with Crippen LogP contribution in [0.1, 0.15) is 32.8 Å². The summed E-state index contributed by atoms with van der Waals surface area (Å²) in [4.78, 5) is 4.64. The molecule has 120 valence electrons. The van der Waals surface area contributed by atoms with Crippen molar-refractivity contribution in [2.45, 2.75) is 45.7 Å². The van der Waals surface area contributed by atoms with Crippen LogP contribution in [0.15, 0.2) is 18.2 Å². The van der Waals surface area contributed by atoms with Gasteiger partial charge >= 0.3 is 0 Å². The van der Waals surface area contributed by atoms with Crippen LogP contribution in [0.25, 0.3) is 0 Å². The van der Waals surface area contributed by atoms with Gasteiger partial charge in [-0.25, -0.2) is 0 Å². The van der Waals surface area contributed by atoms with E-state index >= 15 is 0 Å². The second kappa shape index (κ2) is 8.62. The minimum absolute atomic E-state index is 0.159. The standard InChI is InChI=1S/C17H30ClN3/c1-6-14(19)11-15-16(18)9-8-10-17(15)21(7-2)13(3)12-20(4)5/h8-10,13-14H,6-7,11-12,19H2,1-5H3. The fourth-order valence-corrected chi connectivity index (χ4v) is 3.02. The van der Waals surface area contributed by atoms with Gasteiger partial charge in [-0.15, -0.1) is 0 Å². The zero-order chi connectivity index (χ0) is 16.0. The molecule has 0 aliphatic rings. The molecule has 0 saturated carbocycles. The van der Waals surface area contributed by atoms with E-state index in [1.165, 1.54) is 11.3 Å². The van der Waals surface area contributed by atoms with Crippen molar-refractivity contribution in [1.29, 1.82) is 0 Å². The lowest BCUT2D eigenvalue weighted by Gasteiger charge is -2.34. The molecule has 0 radical (unpaired) electrons. The van der Waals surface area contributed by atoms with Crippen molar-refractivity contribution in [1.82, 2.24) is 4.90 Å². The van der Waals surface area contributed by atoms with Crippen molar-refractivity contribution in [3.05, 3.63) is 28.8 Å². The maximum Gasteiger partial charge on any atom is 0.0459 e. The molecule has 0 bridgehead atoms. The molecule has 21 heavy (non-hydrogen) atoms. The van der Waals surface area contributed by atoms with E-state index in [-0.39, 0.29) is 6.04 Å². The molecular formula is C17H30ClN3. The summed E-state index contributed by atoms with van der Waals surface area (Å²) in [5.41, 5.74) is 8.56. The SMILES string of the molecule is CCC(N)Cc1c(Cl)cccc1N(CC)C(C)CN(C)C. The van der Waals surface area contributed by atoms with E-state index < -0.39 is 0 Å². The Morgan fingerprint density at radius 3 is 2.43 bits per heavy atom. The van der Waals surface area contributed by atoms with Crippen LogP contribution in [0.5, 0.6) is 0 Å². The van der Waals surface area contributed by atoms with E-state index in [1.807, 2.05) is 12.1 Å². The average Bonchev–Trinajstić information content (AvgIpc) is 2.42. The summed E-state index contributed by atoms with van der Waals surface area (Å²) in [7, 11) is 4.21. The number of likely N-dealkylation sites (N-methyl/N-ethyl adjacent to an activating group) is 2. The molecule has 0 heterocycles. The van der Waals surface area contributed by atoms with Crippen LogP contribution in [0.2, 0.25) is 5.02 Å². The Morgan fingerprint density at radius 1 is 1.24 bits per heavy atom. The number of anilines is 1. The van der Waals surface area contributed by atoms with E-state index in [1.54, 1.807) is 0 Å². The smallest absolute Gasteiger partial charge is 0.0459 e. The van der Waals surface area contributed by atoms with Crippen molar-refractivity contribution in [2.75, 3.05) is 32.1 Å². The molecule has 0 amide bonds. The third-order valence-electron chi connectivity index (χ3n) is 3.90. The molecule has 1 aromatic rings. The molecule has 0 aliphatic carbocycles. The van der Waals surface area contributed by atoms with Crippen LogP contribution in [0.4, 0.5) is 5.69 Å². The van der Waals surface area contributed by atoms with Crippen LogP contribution < -0.4 is 10.6 Å². The van der Waals surface area contributed by atoms with Crippen molar-refractivity contribution in [2.24, 2.45) is 5.73 Å². The van der Waals surface area contributed by atoms with Crippen molar-refractivity contribution in [3.63, 3.8) is 0 Å². The third kappa shape index (κ3) is 5.17. The predicted molar refractivity (Wildman–Crippen MR) is 94.5 cm³/mol. The fraction of sp³-hybridized carbons (Fsp3) is 0.647. The highest BCUT2D eigenvalue weighted by Crippen LogP contribution is 2.30. The Hall–Kier alpha value is -0.770. The molecule has 0 fully saturated rings. The van der Waals surface area contributed by atoms with Crippen molar-refractivity contribution in [3.8, 4) is 0 Å². The highest BCUT2D eigenvalue weighted by atomic mass is 35.5. The zero-order valence-corrected chi connectivity index (χ0v) is 14.8. The van der Waals surface area contributed by atoms with E-state index in [4.69, 9.17) is 17.3 Å². The van der Waals surface area contributed by atoms with Gasteiger partial charge < -0.3 is 15.5 Å². The molecule has 0 spiro atoms. The van der Waals surface area contributed by atoms with Gasteiger partial charge in [0.15, 0.2) is 0 Å². The molecule has 0 saturated heterocycles. The van der Waals surface area contributed by atoms with Gasteiger partial charge in [-0.1, -0.05) is 24.6 Å². The van der Waals surface area contributed by atoms with Crippen molar-refractivity contribution >= 4 is 17.3 Å². The molecule has 3 nitrogen and oxygen atoms in total. The zero-order valence-electron chi connectivity index (χ0n) is 14.1. The summed E-state index contributed by atoms with van der Waals surface area (Å²) >= 11 is 6.45. The number of hydrogen-bond acceptors (Lipinski definition) is 3. The summed E-state index contributed by atoms with van der Waals surface area (Å²) < 4.78 is 0. The number of halogens is 1. The largest absolute Gasteiger partial charge is 0.368 e. The first kappa shape index (κ1) is 18.3. The summed E-state index contributed by atoms with van der Waals surface area (Å²) in [6.07, 6.45) is 1.79. The second-order valence-corrected chi connectivity index (χ2v) is 6.41. The highest BCUT2D eigenvalue weighted by molar-refractivity contribution is 6.31. The Kier molecular flexibility index (Phi) is 7.50. The first-order valence-corrected chi connectivity index (χ1v) is 8.22. The molecule has 2 N–H and O–H groups in total. The Morgan fingerprint density at radius 2 is 1.90 bits per heavy atom. The predicted octanol–water partition coefficient (Wildman–Crippen LogP) is 3.40. The van der Waals surface area contributed by atoms with Gasteiger partial charge in [0.1, 0.15) is 0 Å². The maximum atomic E-state index is 6.45. The molecule has 4 heteroatoms. The minimum Gasteiger partial charge on any atom is -0.368 e. The van der Waals surface area contributed by atoms with Gasteiger partial charge in [0, 0.05) is 35.9 Å². The first-order chi connectivity index (χ1) is 9.90. The van der Waals surface area contributed by atoms with Crippen LogP contribution >= 0.6 is 11.6 Å². The number of nitrogens with zero attached hydrogens (tertiary/aromatic N) is 2. The lowest BCUT2D eigenvalue weighted by Crippen LogP contribution is -2.40. The first-order valence-electron chi connectivity index (χ1n) is 7.84. The van der Waals surface area contributed by atoms with Crippen LogP contribution in [0, 0.1) is 0 Å². The molecule has 1 rings (SSSR count). The van der Waals surface area contributed by atoms with Gasteiger partial charge in [-0.2, -0.15) is 0 Å². The summed E-state index contributed by atoms with van der Waals surface area (Å²) in [6.45, 7) is 8.54. The Bertz CT molecular complexity index is 434. The Balaban J connectivity index is 3.10. The number of rotatable bonds is 8. The topological polar surface area (TPSA) is 32.5 Å². The molecule has 0 aliphatic heterocycles. The van der Waals surface area contributed by atoms with Crippen molar-refractivity contribution < 1.29 is 0 Å². The van der Waals surface area contributed by atoms with Gasteiger partial charge in [0.25, 0.3) is 0 Å². The summed E-state index contributed by atoms with van der Waals surface area (Å²) in [5, 5.41) is 0.826. The highest BCUT2D eigenvalue weighted by Gasteiger charge is 2.19. The van der Waals surface area contributed by atoms with Crippen LogP contribution in [-0.4, -0.2) is 44.2 Å². The quantitative estimate of drug-likeness (QED) is 0.798. The molecular weight excluding hydrogens is 282 g/mol. The fourth-order valence-electron chi connectivity index (χ4n) is 2.77. The number of benzene rings is 1. The van der Waals surface area contributed by atoms with Crippen LogP contribution in [0.3, 0.4) is 0 Å². The molecule has 2 atom stereocenters. The number of hydrogen-bond donors (Lipinski definition) is 1. The lowest BCUT2D eigenvalue weighted by molar-refractivity contribution is 0.372. The van der Waals surface area contributed by atoms with Gasteiger partial charge in [-0.3, -0.25) is 0 Å². The third-order valence-corrected chi connectivity index (χ3v) is 4.25. The monoisotopic (exact) mass is 311 g/mol. The lowest BCUT2D eigenvalue weighted by atomic mass is 10.0. The van der Waals surface area contributed by atoms with E-state index in [2.05, 4.69) is 50.7 Å². The van der Waals surface area contributed by atoms with E-state index in [0.717, 1.165) is 31.0 Å². The average molecular weight is 312 g/mol. The number of nitrogens with two attached hydrogens (primary N) is 1. The van der Waals surface area contributed by atoms with Gasteiger partial charge in [0.05, 0.1) is 0 Å². The molecule has 1 aromatic carbocycles.